The van der Waals surface area contributed by atoms with Crippen molar-refractivity contribution in [3.8, 4) is 0 Å². The van der Waals surface area contributed by atoms with Gasteiger partial charge in [0, 0.05) is 19.1 Å². The lowest BCUT2D eigenvalue weighted by Gasteiger charge is -2.21. The predicted molar refractivity (Wildman–Crippen MR) is 69.4 cm³/mol. The van der Waals surface area contributed by atoms with Crippen LogP contribution in [0, 0.1) is 0 Å². The van der Waals surface area contributed by atoms with E-state index in [0.29, 0.717) is 6.04 Å². The normalized spacial score (nSPS) is 21.0. The second kappa shape index (κ2) is 5.83. The molecule has 2 rings (SSSR count). The van der Waals surface area contributed by atoms with Crippen molar-refractivity contribution in [2.75, 3.05) is 26.7 Å². The highest BCUT2D eigenvalue weighted by atomic mass is 15.2. The molecule has 1 atom stereocenters. The van der Waals surface area contributed by atoms with Gasteiger partial charge < -0.3 is 5.32 Å². The van der Waals surface area contributed by atoms with Crippen molar-refractivity contribution in [3.05, 3.63) is 42.0 Å². The first-order valence-electron chi connectivity index (χ1n) is 5.99. The molecule has 0 aliphatic carbocycles. The molecule has 0 amide bonds. The quantitative estimate of drug-likeness (QED) is 0.828. The van der Waals surface area contributed by atoms with Crippen molar-refractivity contribution in [1.82, 2.24) is 10.2 Å². The van der Waals surface area contributed by atoms with Gasteiger partial charge in [0.25, 0.3) is 0 Å². The van der Waals surface area contributed by atoms with E-state index in [9.17, 15) is 0 Å². The van der Waals surface area contributed by atoms with Gasteiger partial charge >= 0.3 is 0 Å². The molecule has 1 N–H and O–H groups in total. The number of benzene rings is 1. The molecule has 1 aromatic carbocycles. The van der Waals surface area contributed by atoms with Crippen molar-refractivity contribution in [2.45, 2.75) is 12.5 Å². The van der Waals surface area contributed by atoms with Crippen molar-refractivity contribution in [3.63, 3.8) is 0 Å². The van der Waals surface area contributed by atoms with Gasteiger partial charge in [-0.3, -0.25) is 4.90 Å². The van der Waals surface area contributed by atoms with Crippen LogP contribution >= 0.6 is 0 Å². The van der Waals surface area contributed by atoms with Crippen LogP contribution < -0.4 is 5.32 Å². The standard InChI is InChI=1S/C14H20N2/c1-16(14-9-10-15-12-14)11-5-8-13-6-3-2-4-7-13/h2-8,14-15H,9-12H2,1H3. The first kappa shape index (κ1) is 11.4. The smallest absolute Gasteiger partial charge is 0.0232 e. The Hall–Kier alpha value is -1.12. The third-order valence-corrected chi connectivity index (χ3v) is 3.16. The molecule has 86 valence electrons. The number of nitrogens with one attached hydrogen (secondary N) is 1. The minimum atomic E-state index is 0.709. The summed E-state index contributed by atoms with van der Waals surface area (Å²) in [6.45, 7) is 3.33. The maximum absolute atomic E-state index is 3.40. The van der Waals surface area contributed by atoms with Crippen LogP contribution in [0.5, 0.6) is 0 Å². The molecular formula is C14H20N2. The first-order chi connectivity index (χ1) is 7.86. The average Bonchev–Trinajstić information content (AvgIpc) is 2.84. The van der Waals surface area contributed by atoms with Gasteiger partial charge in [-0.25, -0.2) is 0 Å². The zero-order chi connectivity index (χ0) is 11.2. The average molecular weight is 216 g/mol. The Morgan fingerprint density at radius 2 is 2.19 bits per heavy atom. The van der Waals surface area contributed by atoms with E-state index in [4.69, 9.17) is 0 Å². The minimum absolute atomic E-state index is 0.709. The second-order valence-corrected chi connectivity index (χ2v) is 4.40. The van der Waals surface area contributed by atoms with E-state index in [1.807, 2.05) is 6.07 Å². The Morgan fingerprint density at radius 3 is 2.88 bits per heavy atom. The molecular weight excluding hydrogens is 196 g/mol. The summed E-state index contributed by atoms with van der Waals surface area (Å²) in [5.74, 6) is 0. The fourth-order valence-electron chi connectivity index (χ4n) is 2.08. The lowest BCUT2D eigenvalue weighted by Crippen LogP contribution is -2.33. The number of hydrogen-bond acceptors (Lipinski definition) is 2. The van der Waals surface area contributed by atoms with E-state index in [2.05, 4.69) is 53.7 Å². The van der Waals surface area contributed by atoms with Crippen LogP contribution in [0.1, 0.15) is 12.0 Å². The van der Waals surface area contributed by atoms with E-state index in [-0.39, 0.29) is 0 Å². The van der Waals surface area contributed by atoms with Gasteiger partial charge in [0.05, 0.1) is 0 Å². The molecule has 1 aliphatic heterocycles. The predicted octanol–water partition coefficient (Wildman–Crippen LogP) is 1.99. The summed E-state index contributed by atoms with van der Waals surface area (Å²) in [6.07, 6.45) is 5.71. The van der Waals surface area contributed by atoms with Gasteiger partial charge in [-0.05, 0) is 25.6 Å². The van der Waals surface area contributed by atoms with Crippen LogP contribution in [0.4, 0.5) is 0 Å². The van der Waals surface area contributed by atoms with Crippen LogP contribution in [-0.2, 0) is 0 Å². The molecule has 1 heterocycles. The van der Waals surface area contributed by atoms with Gasteiger partial charge in [0.15, 0.2) is 0 Å². The van der Waals surface area contributed by atoms with Gasteiger partial charge in [0.1, 0.15) is 0 Å². The molecule has 2 heteroatoms. The highest BCUT2D eigenvalue weighted by Crippen LogP contribution is 2.06. The molecule has 1 saturated heterocycles. The summed E-state index contributed by atoms with van der Waals surface area (Å²) in [4.78, 5) is 2.42. The van der Waals surface area contributed by atoms with Crippen LogP contribution in [-0.4, -0.2) is 37.6 Å². The molecule has 1 unspecified atom stereocenters. The molecule has 2 nitrogen and oxygen atoms in total. The van der Waals surface area contributed by atoms with Gasteiger partial charge in [-0.15, -0.1) is 0 Å². The van der Waals surface area contributed by atoms with Crippen LogP contribution in [0.3, 0.4) is 0 Å². The monoisotopic (exact) mass is 216 g/mol. The Bertz CT molecular complexity index is 326. The van der Waals surface area contributed by atoms with E-state index in [1.54, 1.807) is 0 Å². The van der Waals surface area contributed by atoms with Crippen LogP contribution in [0.15, 0.2) is 36.4 Å². The van der Waals surface area contributed by atoms with Crippen molar-refractivity contribution >= 4 is 6.08 Å². The number of nitrogens with zero attached hydrogens (tertiary/aromatic N) is 1. The fourth-order valence-corrected chi connectivity index (χ4v) is 2.08. The Morgan fingerprint density at radius 1 is 1.38 bits per heavy atom. The summed E-state index contributed by atoms with van der Waals surface area (Å²) in [7, 11) is 2.20. The molecule has 1 fully saturated rings. The SMILES string of the molecule is CN(CC=Cc1ccccc1)C1CCNC1. The Balaban J connectivity index is 1.80. The lowest BCUT2D eigenvalue weighted by atomic mass is 10.2. The zero-order valence-corrected chi connectivity index (χ0v) is 9.89. The van der Waals surface area contributed by atoms with Crippen LogP contribution in [0.25, 0.3) is 6.08 Å². The largest absolute Gasteiger partial charge is 0.315 e. The maximum Gasteiger partial charge on any atom is 0.0232 e. The Labute approximate surface area is 98.0 Å². The van der Waals surface area contributed by atoms with Gasteiger partial charge in [-0.2, -0.15) is 0 Å². The van der Waals surface area contributed by atoms with E-state index >= 15 is 0 Å². The minimum Gasteiger partial charge on any atom is -0.315 e. The topological polar surface area (TPSA) is 15.3 Å². The summed E-state index contributed by atoms with van der Waals surface area (Å²) in [5, 5.41) is 3.40. The summed E-state index contributed by atoms with van der Waals surface area (Å²) in [6, 6.07) is 11.2. The molecule has 1 aliphatic rings. The third kappa shape index (κ3) is 3.19. The molecule has 0 saturated carbocycles. The van der Waals surface area contributed by atoms with E-state index in [1.165, 1.54) is 12.0 Å². The molecule has 1 aromatic rings. The van der Waals surface area contributed by atoms with Crippen molar-refractivity contribution < 1.29 is 0 Å². The highest BCUT2D eigenvalue weighted by Gasteiger charge is 2.17. The van der Waals surface area contributed by atoms with Gasteiger partial charge in [-0.1, -0.05) is 42.5 Å². The van der Waals surface area contributed by atoms with Gasteiger partial charge in [0.2, 0.25) is 0 Å². The number of hydrogen-bond donors (Lipinski definition) is 1. The summed E-state index contributed by atoms with van der Waals surface area (Å²) in [5.41, 5.74) is 1.28. The Kier molecular flexibility index (Phi) is 4.14. The van der Waals surface area contributed by atoms with Crippen LogP contribution in [0.2, 0.25) is 0 Å². The maximum atomic E-state index is 3.40. The van der Waals surface area contributed by atoms with Crippen molar-refractivity contribution in [2.24, 2.45) is 0 Å². The van der Waals surface area contributed by atoms with Crippen molar-refractivity contribution in [1.29, 1.82) is 0 Å². The number of likely N-dealkylation sites (N-methyl/N-ethyl adjacent to an activating group) is 1. The lowest BCUT2D eigenvalue weighted by molar-refractivity contribution is 0.284. The third-order valence-electron chi connectivity index (χ3n) is 3.16. The summed E-state index contributed by atoms with van der Waals surface area (Å²) < 4.78 is 0. The first-order valence-corrected chi connectivity index (χ1v) is 5.99. The number of rotatable bonds is 4. The zero-order valence-electron chi connectivity index (χ0n) is 9.89. The molecule has 16 heavy (non-hydrogen) atoms. The van der Waals surface area contributed by atoms with E-state index in [0.717, 1.165) is 19.6 Å². The molecule has 0 radical (unpaired) electrons. The highest BCUT2D eigenvalue weighted by molar-refractivity contribution is 5.48. The second-order valence-electron chi connectivity index (χ2n) is 4.40. The van der Waals surface area contributed by atoms with E-state index < -0.39 is 0 Å². The molecule has 0 bridgehead atoms. The summed E-state index contributed by atoms with van der Waals surface area (Å²) >= 11 is 0. The molecule has 0 aromatic heterocycles. The fraction of sp³-hybridized carbons (Fsp3) is 0.429. The molecule has 0 spiro atoms.